The van der Waals surface area contributed by atoms with E-state index < -0.39 is 10.8 Å². The van der Waals surface area contributed by atoms with E-state index in [1.54, 1.807) is 18.4 Å². The Balaban J connectivity index is 1.89. The van der Waals surface area contributed by atoms with E-state index in [0.717, 1.165) is 5.56 Å². The topological polar surface area (TPSA) is 59.1 Å². The molecular weight excluding hydrogens is 423 g/mol. The lowest BCUT2D eigenvalue weighted by Crippen LogP contribution is -2.29. The molecule has 0 bridgehead atoms. The van der Waals surface area contributed by atoms with Crippen LogP contribution in [0.15, 0.2) is 83.8 Å². The number of carbonyl (C=O) groups is 1. The highest BCUT2D eigenvalue weighted by Crippen LogP contribution is 2.33. The van der Waals surface area contributed by atoms with Gasteiger partial charge in [0, 0.05) is 17.2 Å². The van der Waals surface area contributed by atoms with Crippen molar-refractivity contribution in [2.24, 2.45) is 0 Å². The number of halogens is 1. The molecule has 1 heterocycles. The molecule has 4 nitrogen and oxygen atoms in total. The Bertz CT molecular complexity index is 1310. The summed E-state index contributed by atoms with van der Waals surface area (Å²) in [4.78, 5) is 18.8. The molecule has 0 radical (unpaired) electrons. The molecule has 0 spiro atoms. The summed E-state index contributed by atoms with van der Waals surface area (Å²) >= 11 is 0. The monoisotopic (exact) mass is 446 g/mol. The number of carbonyl (C=O) groups excluding carboxylic acids is 1. The van der Waals surface area contributed by atoms with Crippen LogP contribution in [0.2, 0.25) is 0 Å². The van der Waals surface area contributed by atoms with Crippen molar-refractivity contribution in [1.82, 2.24) is 10.3 Å². The minimum absolute atomic E-state index is 0.338. The van der Waals surface area contributed by atoms with Crippen LogP contribution in [-0.2, 0) is 10.8 Å². The molecule has 1 unspecified atom stereocenters. The summed E-state index contributed by atoms with van der Waals surface area (Å²) in [6.07, 6.45) is 2.13. The van der Waals surface area contributed by atoms with Crippen molar-refractivity contribution in [3.05, 3.63) is 95.8 Å². The number of fused-ring (bicyclic) bond motifs is 1. The van der Waals surface area contributed by atoms with Crippen molar-refractivity contribution in [2.75, 3.05) is 6.26 Å². The molecule has 1 N–H and O–H groups in total. The third-order valence-electron chi connectivity index (χ3n) is 5.37. The number of pyridine rings is 1. The Morgan fingerprint density at radius 3 is 2.44 bits per heavy atom. The molecule has 4 rings (SSSR count). The molecule has 0 aliphatic rings. The molecule has 4 aromatic rings. The van der Waals surface area contributed by atoms with E-state index in [1.807, 2.05) is 61.5 Å². The van der Waals surface area contributed by atoms with Crippen LogP contribution in [0.25, 0.3) is 22.2 Å². The molecule has 0 saturated carbocycles. The van der Waals surface area contributed by atoms with Gasteiger partial charge in [-0.15, -0.1) is 0 Å². The van der Waals surface area contributed by atoms with E-state index in [9.17, 15) is 13.4 Å². The van der Waals surface area contributed by atoms with E-state index in [1.165, 1.54) is 12.1 Å². The molecule has 0 fully saturated rings. The molecular formula is C26H23FN2O2S. The van der Waals surface area contributed by atoms with Crippen molar-refractivity contribution in [1.29, 1.82) is 0 Å². The normalized spacial score (nSPS) is 13.0. The van der Waals surface area contributed by atoms with Crippen LogP contribution >= 0.6 is 0 Å². The lowest BCUT2D eigenvalue weighted by molar-refractivity contribution is 0.0934. The second kappa shape index (κ2) is 9.40. The molecule has 1 amide bonds. The van der Waals surface area contributed by atoms with Crippen molar-refractivity contribution >= 4 is 27.6 Å². The second-order valence-corrected chi connectivity index (χ2v) is 8.81. The van der Waals surface area contributed by atoms with Crippen LogP contribution in [0.1, 0.15) is 35.3 Å². The van der Waals surface area contributed by atoms with Gasteiger partial charge in [-0.3, -0.25) is 9.00 Å². The smallest absolute Gasteiger partial charge is 0.253 e. The maximum atomic E-state index is 13.8. The predicted molar refractivity (Wildman–Crippen MR) is 126 cm³/mol. The summed E-state index contributed by atoms with van der Waals surface area (Å²) in [6.45, 7) is 1.93. The van der Waals surface area contributed by atoms with Gasteiger partial charge < -0.3 is 5.32 Å². The van der Waals surface area contributed by atoms with Gasteiger partial charge in [-0.1, -0.05) is 67.6 Å². The first kappa shape index (κ1) is 21.8. The van der Waals surface area contributed by atoms with Crippen LogP contribution in [-0.4, -0.2) is 21.4 Å². The Morgan fingerprint density at radius 1 is 1.03 bits per heavy atom. The van der Waals surface area contributed by atoms with E-state index >= 15 is 0 Å². The number of amides is 1. The van der Waals surface area contributed by atoms with E-state index in [-0.39, 0.29) is 17.8 Å². The third-order valence-corrected chi connectivity index (χ3v) is 6.35. The van der Waals surface area contributed by atoms with Crippen molar-refractivity contribution in [2.45, 2.75) is 24.3 Å². The number of para-hydroxylation sites is 1. The minimum Gasteiger partial charge on any atom is -0.345 e. The van der Waals surface area contributed by atoms with Crippen molar-refractivity contribution in [3.8, 4) is 11.3 Å². The highest BCUT2D eigenvalue weighted by atomic mass is 32.2. The summed E-state index contributed by atoms with van der Waals surface area (Å²) in [5.74, 6) is -0.714. The molecule has 0 aliphatic carbocycles. The number of nitrogens with one attached hydrogen (secondary N) is 1. The lowest BCUT2D eigenvalue weighted by Gasteiger charge is -2.20. The molecule has 6 heteroatoms. The summed E-state index contributed by atoms with van der Waals surface area (Å²) < 4.78 is 26.7. The quantitative estimate of drug-likeness (QED) is 0.416. The molecule has 1 aromatic heterocycles. The largest absolute Gasteiger partial charge is 0.345 e. The van der Waals surface area contributed by atoms with Gasteiger partial charge >= 0.3 is 0 Å². The number of hydrogen-bond acceptors (Lipinski definition) is 3. The standard InChI is InChI=1S/C26H23FN2O2S/c1-3-21(18-12-9-13-19(27)16-18)29-26(30)23-20-14-7-8-15-22(20)28-24(25(23)32(2)31)17-10-5-4-6-11-17/h4-16,21H,3H2,1-2H3,(H,29,30)/t21-,32?/m0/s1. The Morgan fingerprint density at radius 2 is 1.75 bits per heavy atom. The first-order chi connectivity index (χ1) is 15.5. The zero-order valence-electron chi connectivity index (χ0n) is 17.8. The van der Waals surface area contributed by atoms with Gasteiger partial charge in [0.15, 0.2) is 0 Å². The first-order valence-corrected chi connectivity index (χ1v) is 11.9. The van der Waals surface area contributed by atoms with Crippen LogP contribution in [0, 0.1) is 5.82 Å². The van der Waals surface area contributed by atoms with E-state index in [0.29, 0.717) is 39.0 Å². The van der Waals surface area contributed by atoms with Crippen molar-refractivity contribution < 1.29 is 13.4 Å². The Labute approximate surface area is 189 Å². The molecule has 0 saturated heterocycles. The molecule has 2 atom stereocenters. The van der Waals surface area contributed by atoms with E-state index in [4.69, 9.17) is 4.98 Å². The van der Waals surface area contributed by atoms with Crippen LogP contribution in [0.5, 0.6) is 0 Å². The average Bonchev–Trinajstić information content (AvgIpc) is 2.81. The van der Waals surface area contributed by atoms with Gasteiger partial charge in [0.05, 0.1) is 38.5 Å². The second-order valence-electron chi connectivity index (χ2n) is 7.49. The number of benzene rings is 3. The van der Waals surface area contributed by atoms with Crippen LogP contribution in [0.4, 0.5) is 4.39 Å². The Kier molecular flexibility index (Phi) is 6.42. The minimum atomic E-state index is -1.48. The van der Waals surface area contributed by atoms with Crippen molar-refractivity contribution in [3.63, 3.8) is 0 Å². The molecule has 3 aromatic carbocycles. The fourth-order valence-corrected chi connectivity index (χ4v) is 4.79. The Hall–Kier alpha value is -3.38. The zero-order valence-corrected chi connectivity index (χ0v) is 18.7. The predicted octanol–water partition coefficient (Wildman–Crippen LogP) is 5.66. The highest BCUT2D eigenvalue weighted by Gasteiger charge is 2.25. The number of rotatable bonds is 6. The molecule has 0 aliphatic heterocycles. The number of nitrogens with zero attached hydrogens (tertiary/aromatic N) is 1. The molecule has 162 valence electrons. The van der Waals surface area contributed by atoms with E-state index in [2.05, 4.69) is 5.32 Å². The SMILES string of the molecule is CC[C@H](NC(=O)c1c(S(C)=O)c(-c2ccccc2)nc2ccccc12)c1cccc(F)c1. The van der Waals surface area contributed by atoms with Gasteiger partial charge in [0.25, 0.3) is 5.91 Å². The fraction of sp³-hybridized carbons (Fsp3) is 0.154. The zero-order chi connectivity index (χ0) is 22.7. The maximum absolute atomic E-state index is 13.8. The fourth-order valence-electron chi connectivity index (χ4n) is 3.87. The van der Waals surface area contributed by atoms with Crippen LogP contribution < -0.4 is 5.32 Å². The van der Waals surface area contributed by atoms with Gasteiger partial charge in [0.1, 0.15) is 5.82 Å². The van der Waals surface area contributed by atoms with Crippen LogP contribution in [0.3, 0.4) is 0 Å². The average molecular weight is 447 g/mol. The lowest BCUT2D eigenvalue weighted by atomic mass is 10.0. The summed E-state index contributed by atoms with van der Waals surface area (Å²) in [7, 11) is -1.48. The summed E-state index contributed by atoms with van der Waals surface area (Å²) in [6, 6.07) is 22.6. The maximum Gasteiger partial charge on any atom is 0.253 e. The number of hydrogen-bond donors (Lipinski definition) is 1. The summed E-state index contributed by atoms with van der Waals surface area (Å²) in [5, 5.41) is 3.65. The number of aromatic nitrogens is 1. The first-order valence-electron chi connectivity index (χ1n) is 10.4. The van der Waals surface area contributed by atoms with Gasteiger partial charge in [-0.25, -0.2) is 9.37 Å². The third kappa shape index (κ3) is 4.32. The summed E-state index contributed by atoms with van der Waals surface area (Å²) in [5.41, 5.74) is 2.97. The van der Waals surface area contributed by atoms with Gasteiger partial charge in [0.2, 0.25) is 0 Å². The molecule has 32 heavy (non-hydrogen) atoms. The van der Waals surface area contributed by atoms with Gasteiger partial charge in [-0.05, 0) is 30.2 Å². The highest BCUT2D eigenvalue weighted by molar-refractivity contribution is 7.84. The van der Waals surface area contributed by atoms with Gasteiger partial charge in [-0.2, -0.15) is 0 Å².